The van der Waals surface area contributed by atoms with Gasteiger partial charge in [-0.05, 0) is 64.3 Å². The SMILES string of the molecule is C=C1CC2COC(=O)C2(Cc2ccc(OS(=O)(=O)c3cccs3)c(Br)c2)C1. The van der Waals surface area contributed by atoms with E-state index in [-0.39, 0.29) is 21.8 Å². The summed E-state index contributed by atoms with van der Waals surface area (Å²) in [5.74, 6) is 0.209. The fraction of sp³-hybridized carbons (Fsp3) is 0.316. The van der Waals surface area contributed by atoms with Gasteiger partial charge in [-0.2, -0.15) is 8.42 Å². The predicted octanol–water partition coefficient (Wildman–Crippen LogP) is 4.33. The number of hydrogen-bond acceptors (Lipinski definition) is 6. The van der Waals surface area contributed by atoms with Gasteiger partial charge in [0.05, 0.1) is 16.5 Å². The Morgan fingerprint density at radius 3 is 2.89 bits per heavy atom. The molecule has 0 N–H and O–H groups in total. The van der Waals surface area contributed by atoms with Crippen molar-refractivity contribution in [3.8, 4) is 5.75 Å². The molecule has 5 nitrogen and oxygen atoms in total. The van der Waals surface area contributed by atoms with Crippen molar-refractivity contribution in [1.29, 1.82) is 0 Å². The van der Waals surface area contributed by atoms with E-state index in [9.17, 15) is 13.2 Å². The van der Waals surface area contributed by atoms with Crippen LogP contribution in [0.5, 0.6) is 5.75 Å². The minimum absolute atomic E-state index is 0.151. The van der Waals surface area contributed by atoms with E-state index in [1.165, 1.54) is 6.07 Å². The molecular formula is C19H17BrO5S2. The molecule has 2 fully saturated rings. The number of ether oxygens (including phenoxy) is 1. The fourth-order valence-corrected chi connectivity index (χ4v) is 6.43. The summed E-state index contributed by atoms with van der Waals surface area (Å²) in [5, 5.41) is 1.68. The van der Waals surface area contributed by atoms with Crippen LogP contribution in [-0.2, 0) is 26.1 Å². The van der Waals surface area contributed by atoms with Gasteiger partial charge in [0.25, 0.3) is 0 Å². The Hall–Kier alpha value is -1.64. The Kier molecular flexibility index (Phi) is 4.68. The van der Waals surface area contributed by atoms with E-state index >= 15 is 0 Å². The zero-order chi connectivity index (χ0) is 19.2. The van der Waals surface area contributed by atoms with Gasteiger partial charge in [0.15, 0.2) is 9.96 Å². The number of rotatable bonds is 5. The van der Waals surface area contributed by atoms with Crippen molar-refractivity contribution in [1.82, 2.24) is 0 Å². The first kappa shape index (κ1) is 18.7. The van der Waals surface area contributed by atoms with Crippen LogP contribution in [0.2, 0.25) is 0 Å². The summed E-state index contributed by atoms with van der Waals surface area (Å²) in [5.41, 5.74) is 1.45. The van der Waals surface area contributed by atoms with Crippen LogP contribution in [0.4, 0.5) is 0 Å². The van der Waals surface area contributed by atoms with Gasteiger partial charge < -0.3 is 8.92 Å². The lowest BCUT2D eigenvalue weighted by Crippen LogP contribution is -2.31. The molecular weight excluding hydrogens is 452 g/mol. The van der Waals surface area contributed by atoms with E-state index in [0.29, 0.717) is 23.9 Å². The van der Waals surface area contributed by atoms with E-state index in [4.69, 9.17) is 8.92 Å². The standard InChI is InChI=1S/C19H17BrO5S2/c1-12-7-14-11-24-18(21)19(14,9-12)10-13-4-5-16(15(20)8-13)25-27(22,23)17-3-2-6-26-17/h2-6,8,14H,1,7,9-11H2. The molecule has 8 heteroatoms. The van der Waals surface area contributed by atoms with Crippen molar-refractivity contribution in [2.24, 2.45) is 11.3 Å². The summed E-state index contributed by atoms with van der Waals surface area (Å²) < 4.78 is 35.8. The Balaban J connectivity index is 1.57. The normalized spacial score (nSPS) is 24.7. The number of benzene rings is 1. The van der Waals surface area contributed by atoms with Crippen molar-refractivity contribution >= 4 is 43.4 Å². The van der Waals surface area contributed by atoms with Gasteiger partial charge in [0.1, 0.15) is 0 Å². The first-order valence-corrected chi connectivity index (χ1v) is 11.5. The Labute approximate surface area is 170 Å². The number of esters is 1. The lowest BCUT2D eigenvalue weighted by atomic mass is 9.75. The van der Waals surface area contributed by atoms with Gasteiger partial charge in [-0.1, -0.05) is 24.3 Å². The first-order chi connectivity index (χ1) is 12.8. The minimum Gasteiger partial charge on any atom is -0.465 e. The summed E-state index contributed by atoms with van der Waals surface area (Å²) in [6.45, 7) is 4.50. The summed E-state index contributed by atoms with van der Waals surface area (Å²) >= 11 is 4.49. The van der Waals surface area contributed by atoms with Crippen LogP contribution in [0, 0.1) is 11.3 Å². The quantitative estimate of drug-likeness (QED) is 0.371. The van der Waals surface area contributed by atoms with E-state index < -0.39 is 15.5 Å². The minimum atomic E-state index is -3.86. The van der Waals surface area contributed by atoms with E-state index in [2.05, 4.69) is 22.5 Å². The van der Waals surface area contributed by atoms with Crippen LogP contribution in [0.15, 0.2) is 56.5 Å². The van der Waals surface area contributed by atoms with Crippen LogP contribution in [-0.4, -0.2) is 21.0 Å². The molecule has 0 bridgehead atoms. The van der Waals surface area contributed by atoms with Gasteiger partial charge in [0, 0.05) is 5.92 Å². The lowest BCUT2D eigenvalue weighted by Gasteiger charge is -2.24. The maximum atomic E-state index is 12.4. The highest BCUT2D eigenvalue weighted by molar-refractivity contribution is 9.10. The van der Waals surface area contributed by atoms with Crippen LogP contribution in [0.1, 0.15) is 18.4 Å². The van der Waals surface area contributed by atoms with Gasteiger partial charge in [-0.25, -0.2) is 0 Å². The molecule has 27 heavy (non-hydrogen) atoms. The maximum absolute atomic E-state index is 12.4. The Bertz CT molecular complexity index is 1010. The van der Waals surface area contributed by atoms with E-state index in [0.717, 1.165) is 28.9 Å². The van der Waals surface area contributed by atoms with Gasteiger partial charge >= 0.3 is 16.1 Å². The molecule has 4 rings (SSSR count). The number of halogens is 1. The molecule has 1 aromatic heterocycles. The van der Waals surface area contributed by atoms with Crippen molar-refractivity contribution in [2.45, 2.75) is 23.5 Å². The van der Waals surface area contributed by atoms with Crippen molar-refractivity contribution in [3.05, 3.63) is 57.9 Å². The lowest BCUT2D eigenvalue weighted by molar-refractivity contribution is -0.146. The molecule has 2 aliphatic rings. The number of carbonyl (C=O) groups excluding carboxylic acids is 1. The average Bonchev–Trinajstić information content (AvgIpc) is 3.29. The number of carbonyl (C=O) groups is 1. The van der Waals surface area contributed by atoms with Gasteiger partial charge in [-0.3, -0.25) is 4.79 Å². The zero-order valence-corrected chi connectivity index (χ0v) is 17.5. The van der Waals surface area contributed by atoms with Gasteiger partial charge in [-0.15, -0.1) is 11.3 Å². The second kappa shape index (κ2) is 6.76. The molecule has 1 saturated carbocycles. The molecule has 1 aliphatic heterocycles. The van der Waals surface area contributed by atoms with Crippen molar-refractivity contribution in [3.63, 3.8) is 0 Å². The third-order valence-electron chi connectivity index (χ3n) is 5.16. The highest BCUT2D eigenvalue weighted by atomic mass is 79.9. The molecule has 2 aromatic rings. The summed E-state index contributed by atoms with van der Waals surface area (Å²) in [6.07, 6.45) is 1.98. The third kappa shape index (κ3) is 3.34. The molecule has 0 radical (unpaired) electrons. The molecule has 1 aromatic carbocycles. The van der Waals surface area contributed by atoms with Crippen LogP contribution in [0.25, 0.3) is 0 Å². The number of thiophene rings is 1. The monoisotopic (exact) mass is 468 g/mol. The highest BCUT2D eigenvalue weighted by Gasteiger charge is 2.55. The summed E-state index contributed by atoms with van der Waals surface area (Å²) in [6, 6.07) is 8.37. The topological polar surface area (TPSA) is 69.7 Å². The summed E-state index contributed by atoms with van der Waals surface area (Å²) in [7, 11) is -3.86. The second-order valence-corrected chi connectivity index (χ2v) is 10.6. The van der Waals surface area contributed by atoms with Crippen molar-refractivity contribution < 1.29 is 22.1 Å². The Morgan fingerprint density at radius 2 is 2.19 bits per heavy atom. The smallest absolute Gasteiger partial charge is 0.348 e. The number of cyclic esters (lactones) is 1. The molecule has 1 aliphatic carbocycles. The largest absolute Gasteiger partial charge is 0.465 e. The number of hydrogen-bond donors (Lipinski definition) is 0. The average molecular weight is 469 g/mol. The highest BCUT2D eigenvalue weighted by Crippen LogP contribution is 2.52. The third-order valence-corrected chi connectivity index (χ3v) is 8.37. The predicted molar refractivity (Wildman–Crippen MR) is 105 cm³/mol. The van der Waals surface area contributed by atoms with Crippen molar-refractivity contribution in [2.75, 3.05) is 6.61 Å². The van der Waals surface area contributed by atoms with Gasteiger partial charge in [0.2, 0.25) is 0 Å². The number of allylic oxidation sites excluding steroid dienone is 1. The van der Waals surface area contributed by atoms with E-state index in [1.54, 1.807) is 29.6 Å². The maximum Gasteiger partial charge on any atom is 0.348 e. The molecule has 0 amide bonds. The van der Waals surface area contributed by atoms with E-state index in [1.807, 2.05) is 0 Å². The number of fused-ring (bicyclic) bond motifs is 1. The second-order valence-electron chi connectivity index (χ2n) is 6.99. The van der Waals surface area contributed by atoms with Crippen LogP contribution in [0.3, 0.4) is 0 Å². The molecule has 0 spiro atoms. The molecule has 2 heterocycles. The Morgan fingerprint density at radius 1 is 1.37 bits per heavy atom. The summed E-state index contributed by atoms with van der Waals surface area (Å²) in [4.78, 5) is 12.4. The van der Waals surface area contributed by atoms with Crippen LogP contribution < -0.4 is 4.18 Å². The molecule has 1 saturated heterocycles. The molecule has 2 unspecified atom stereocenters. The molecule has 2 atom stereocenters. The fourth-order valence-electron chi connectivity index (χ4n) is 3.91. The molecule has 142 valence electrons. The van der Waals surface area contributed by atoms with Crippen LogP contribution >= 0.6 is 27.3 Å². The zero-order valence-electron chi connectivity index (χ0n) is 14.3. The first-order valence-electron chi connectivity index (χ1n) is 8.40.